The molecule has 0 spiro atoms. The minimum atomic E-state index is -0.218. The third-order valence-corrected chi connectivity index (χ3v) is 3.90. The Kier molecular flexibility index (Phi) is 5.44. The molecule has 3 N–H and O–H groups in total. The van der Waals surface area contributed by atoms with Gasteiger partial charge in [0.2, 0.25) is 0 Å². The van der Waals surface area contributed by atoms with Crippen molar-refractivity contribution in [2.45, 2.75) is 51.5 Å². The molecule has 0 unspecified atom stereocenters. The summed E-state index contributed by atoms with van der Waals surface area (Å²) < 4.78 is 5.57. The molecule has 2 rings (SSSR count). The average Bonchev–Trinajstić information content (AvgIpc) is 2.96. The Balaban J connectivity index is 0.00000180. The van der Waals surface area contributed by atoms with E-state index in [1.54, 1.807) is 0 Å². The molecule has 0 aliphatic heterocycles. The Morgan fingerprint density at radius 2 is 2.11 bits per heavy atom. The average molecular weight is 287 g/mol. The quantitative estimate of drug-likeness (QED) is 0.894. The molecule has 0 saturated heterocycles. The van der Waals surface area contributed by atoms with Crippen molar-refractivity contribution in [2.75, 3.05) is 6.54 Å². The van der Waals surface area contributed by atoms with E-state index in [0.717, 1.165) is 43.4 Å². The van der Waals surface area contributed by atoms with Gasteiger partial charge in [-0.05, 0) is 31.4 Å². The van der Waals surface area contributed by atoms with Crippen LogP contribution >= 0.6 is 12.4 Å². The molecule has 19 heavy (non-hydrogen) atoms. The molecule has 1 aromatic heterocycles. The summed E-state index contributed by atoms with van der Waals surface area (Å²) in [7, 11) is 0. The van der Waals surface area contributed by atoms with Crippen LogP contribution in [-0.4, -0.2) is 18.0 Å². The van der Waals surface area contributed by atoms with Crippen molar-refractivity contribution in [1.29, 1.82) is 0 Å². The van der Waals surface area contributed by atoms with Crippen LogP contribution in [0.15, 0.2) is 10.5 Å². The molecule has 0 atom stereocenters. The van der Waals surface area contributed by atoms with Gasteiger partial charge in [0.15, 0.2) is 5.76 Å². The van der Waals surface area contributed by atoms with E-state index < -0.39 is 0 Å². The first kappa shape index (κ1) is 16.1. The zero-order valence-corrected chi connectivity index (χ0v) is 12.4. The largest absolute Gasteiger partial charge is 0.456 e. The molecule has 1 aliphatic rings. The molecule has 0 aromatic carbocycles. The topological polar surface area (TPSA) is 68.3 Å². The number of hydrogen-bond donors (Lipinski definition) is 2. The number of nitrogens with one attached hydrogen (secondary N) is 1. The van der Waals surface area contributed by atoms with Crippen LogP contribution in [0.25, 0.3) is 0 Å². The number of furan rings is 1. The van der Waals surface area contributed by atoms with Crippen LogP contribution in [0.3, 0.4) is 0 Å². The van der Waals surface area contributed by atoms with Crippen LogP contribution in [0.2, 0.25) is 0 Å². The number of nitrogens with two attached hydrogens (primary N) is 1. The summed E-state index contributed by atoms with van der Waals surface area (Å²) in [6.07, 6.45) is 5.01. The minimum Gasteiger partial charge on any atom is -0.456 e. The Bertz CT molecular complexity index is 437. The summed E-state index contributed by atoms with van der Waals surface area (Å²) in [6, 6.07) is 1.81. The molecule has 4 nitrogen and oxygen atoms in total. The first-order chi connectivity index (χ1) is 8.60. The first-order valence-electron chi connectivity index (χ1n) is 6.72. The van der Waals surface area contributed by atoms with Crippen molar-refractivity contribution in [3.8, 4) is 0 Å². The molecule has 0 bridgehead atoms. The molecule has 108 valence electrons. The van der Waals surface area contributed by atoms with Gasteiger partial charge in [-0.3, -0.25) is 4.79 Å². The molecule has 1 heterocycles. The van der Waals surface area contributed by atoms with Crippen molar-refractivity contribution in [2.24, 2.45) is 5.73 Å². The van der Waals surface area contributed by atoms with Gasteiger partial charge in [-0.25, -0.2) is 0 Å². The van der Waals surface area contributed by atoms with Crippen molar-refractivity contribution in [3.63, 3.8) is 0 Å². The monoisotopic (exact) mass is 286 g/mol. The fourth-order valence-corrected chi connectivity index (χ4v) is 2.72. The fraction of sp³-hybridized carbons (Fsp3) is 0.643. The highest BCUT2D eigenvalue weighted by atomic mass is 35.5. The Morgan fingerprint density at radius 1 is 1.47 bits per heavy atom. The molecule has 1 aromatic rings. The zero-order valence-electron chi connectivity index (χ0n) is 11.6. The zero-order chi connectivity index (χ0) is 13.2. The van der Waals surface area contributed by atoms with Gasteiger partial charge in [0, 0.05) is 13.0 Å². The van der Waals surface area contributed by atoms with E-state index in [2.05, 4.69) is 5.32 Å². The Morgan fingerprint density at radius 3 is 2.58 bits per heavy atom. The van der Waals surface area contributed by atoms with Crippen molar-refractivity contribution >= 4 is 18.3 Å². The minimum absolute atomic E-state index is 0. The van der Waals surface area contributed by atoms with Gasteiger partial charge in [0.25, 0.3) is 5.91 Å². The van der Waals surface area contributed by atoms with Crippen LogP contribution < -0.4 is 11.1 Å². The van der Waals surface area contributed by atoms with E-state index in [9.17, 15) is 4.79 Å². The van der Waals surface area contributed by atoms with Crippen LogP contribution in [0.5, 0.6) is 0 Å². The summed E-state index contributed by atoms with van der Waals surface area (Å²) >= 11 is 0. The standard InChI is InChI=1S/C14H22N2O2.ClH/c1-3-11-10(2)8-12(18-11)13(17)16-14(9-15)6-4-5-7-14;/h8H,3-7,9,15H2,1-2H3,(H,16,17);1H. The third-order valence-electron chi connectivity index (χ3n) is 3.90. The highest BCUT2D eigenvalue weighted by molar-refractivity contribution is 5.92. The van der Waals surface area contributed by atoms with Crippen LogP contribution in [0.1, 0.15) is 54.5 Å². The summed E-state index contributed by atoms with van der Waals surface area (Å²) in [5, 5.41) is 3.07. The maximum Gasteiger partial charge on any atom is 0.287 e. The van der Waals surface area contributed by atoms with E-state index in [4.69, 9.17) is 10.2 Å². The van der Waals surface area contributed by atoms with Gasteiger partial charge in [-0.1, -0.05) is 19.8 Å². The SMILES string of the molecule is CCc1oc(C(=O)NC2(CN)CCCC2)cc1C.Cl. The van der Waals surface area contributed by atoms with Gasteiger partial charge in [0.1, 0.15) is 5.76 Å². The number of rotatable bonds is 4. The summed E-state index contributed by atoms with van der Waals surface area (Å²) in [6.45, 7) is 4.48. The molecular weight excluding hydrogens is 264 g/mol. The van der Waals surface area contributed by atoms with Crippen molar-refractivity contribution in [1.82, 2.24) is 5.32 Å². The molecule has 0 radical (unpaired) electrons. The number of aryl methyl sites for hydroxylation is 2. The van der Waals surface area contributed by atoms with Gasteiger partial charge in [0.05, 0.1) is 5.54 Å². The lowest BCUT2D eigenvalue weighted by Gasteiger charge is -2.28. The lowest BCUT2D eigenvalue weighted by Crippen LogP contribution is -2.51. The number of carbonyl (C=O) groups excluding carboxylic acids is 1. The van der Waals surface area contributed by atoms with Crippen LogP contribution in [0.4, 0.5) is 0 Å². The van der Waals surface area contributed by atoms with Crippen LogP contribution in [0, 0.1) is 6.92 Å². The lowest BCUT2D eigenvalue weighted by atomic mass is 9.98. The molecule has 1 saturated carbocycles. The number of halogens is 1. The lowest BCUT2D eigenvalue weighted by molar-refractivity contribution is 0.0873. The first-order valence-corrected chi connectivity index (χ1v) is 6.72. The number of carbonyl (C=O) groups is 1. The second-order valence-corrected chi connectivity index (χ2v) is 5.22. The third kappa shape index (κ3) is 3.31. The highest BCUT2D eigenvalue weighted by Crippen LogP contribution is 2.29. The van der Waals surface area contributed by atoms with E-state index in [1.165, 1.54) is 0 Å². The van der Waals surface area contributed by atoms with Crippen LogP contribution in [-0.2, 0) is 6.42 Å². The highest BCUT2D eigenvalue weighted by Gasteiger charge is 2.34. The van der Waals surface area contributed by atoms with Crippen molar-refractivity contribution in [3.05, 3.63) is 23.2 Å². The Hall–Kier alpha value is -1.00. The summed E-state index contributed by atoms with van der Waals surface area (Å²) in [5.74, 6) is 1.16. The number of amides is 1. The predicted molar refractivity (Wildman–Crippen MR) is 77.8 cm³/mol. The number of hydrogen-bond acceptors (Lipinski definition) is 3. The second kappa shape index (κ2) is 6.44. The van der Waals surface area contributed by atoms with Gasteiger partial charge in [-0.2, -0.15) is 0 Å². The maximum atomic E-state index is 12.2. The van der Waals surface area contributed by atoms with E-state index >= 15 is 0 Å². The summed E-state index contributed by atoms with van der Waals surface area (Å²) in [4.78, 5) is 12.2. The molecule has 5 heteroatoms. The van der Waals surface area contributed by atoms with Gasteiger partial charge >= 0.3 is 0 Å². The van der Waals surface area contributed by atoms with E-state index in [-0.39, 0.29) is 23.9 Å². The molecule has 1 fully saturated rings. The molecule has 1 amide bonds. The van der Waals surface area contributed by atoms with E-state index in [0.29, 0.717) is 12.3 Å². The normalized spacial score (nSPS) is 17.0. The molecular formula is C14H23ClN2O2. The fourth-order valence-electron chi connectivity index (χ4n) is 2.72. The molecule has 1 aliphatic carbocycles. The summed E-state index contributed by atoms with van der Waals surface area (Å²) in [5.41, 5.74) is 6.63. The predicted octanol–water partition coefficient (Wildman–Crippen LogP) is 2.57. The van der Waals surface area contributed by atoms with Gasteiger partial charge in [-0.15, -0.1) is 12.4 Å². The van der Waals surface area contributed by atoms with E-state index in [1.807, 2.05) is 19.9 Å². The van der Waals surface area contributed by atoms with Gasteiger partial charge < -0.3 is 15.5 Å². The van der Waals surface area contributed by atoms with Crippen molar-refractivity contribution < 1.29 is 9.21 Å². The second-order valence-electron chi connectivity index (χ2n) is 5.22. The smallest absolute Gasteiger partial charge is 0.287 e. The maximum absolute atomic E-state index is 12.2. The Labute approximate surface area is 120 Å².